The Morgan fingerprint density at radius 2 is 1.92 bits per heavy atom. The van der Waals surface area contributed by atoms with Gasteiger partial charge in [0, 0.05) is 5.70 Å². The maximum absolute atomic E-state index is 12.6. The van der Waals surface area contributed by atoms with E-state index in [9.17, 15) is 4.79 Å². The first-order valence-corrected chi connectivity index (χ1v) is 9.57. The lowest BCUT2D eigenvalue weighted by molar-refractivity contribution is -0.139. The molecule has 0 radical (unpaired) electrons. The number of nitrogens with one attached hydrogen (secondary N) is 2. The molecule has 142 valence electrons. The maximum atomic E-state index is 12.6. The highest BCUT2D eigenvalue weighted by Gasteiger charge is 2.32. The second-order valence-electron chi connectivity index (χ2n) is 6.67. The second kappa shape index (κ2) is 9.57. The van der Waals surface area contributed by atoms with Crippen molar-refractivity contribution in [1.29, 1.82) is 0 Å². The van der Waals surface area contributed by atoms with Gasteiger partial charge in [-0.05, 0) is 49.2 Å². The molecule has 0 saturated heterocycles. The maximum Gasteiger partial charge on any atom is 0.338 e. The van der Waals surface area contributed by atoms with Crippen molar-refractivity contribution in [2.45, 2.75) is 46.6 Å². The van der Waals surface area contributed by atoms with Gasteiger partial charge in [-0.2, -0.15) is 0 Å². The Bertz CT molecular complexity index is 668. The number of esters is 1. The van der Waals surface area contributed by atoms with E-state index < -0.39 is 0 Å². The molecule has 2 N–H and O–H groups in total. The van der Waals surface area contributed by atoms with E-state index >= 15 is 0 Å². The molecular formula is C20H28N2O3S. The molecule has 6 heteroatoms. The highest BCUT2D eigenvalue weighted by atomic mass is 32.1. The smallest absolute Gasteiger partial charge is 0.338 e. The predicted molar refractivity (Wildman–Crippen MR) is 107 cm³/mol. The van der Waals surface area contributed by atoms with Gasteiger partial charge in [0.25, 0.3) is 0 Å². The highest BCUT2D eigenvalue weighted by molar-refractivity contribution is 7.80. The number of hydrogen-bond donors (Lipinski definition) is 2. The minimum absolute atomic E-state index is 0.316. The third kappa shape index (κ3) is 5.21. The third-order valence-corrected chi connectivity index (χ3v) is 4.17. The molecule has 5 nitrogen and oxygen atoms in total. The molecule has 2 rings (SSSR count). The molecule has 0 aromatic heterocycles. The average Bonchev–Trinajstić information content (AvgIpc) is 2.60. The van der Waals surface area contributed by atoms with E-state index in [1.54, 1.807) is 0 Å². The zero-order chi connectivity index (χ0) is 19.1. The summed E-state index contributed by atoms with van der Waals surface area (Å²) in [5, 5.41) is 6.85. The average molecular weight is 377 g/mol. The number of carbonyl (C=O) groups is 1. The van der Waals surface area contributed by atoms with Crippen LogP contribution < -0.4 is 15.4 Å². The molecule has 0 bridgehead atoms. The molecule has 0 fully saturated rings. The van der Waals surface area contributed by atoms with Crippen LogP contribution >= 0.6 is 12.2 Å². The molecule has 1 aromatic rings. The van der Waals surface area contributed by atoms with Gasteiger partial charge >= 0.3 is 5.97 Å². The zero-order valence-corrected chi connectivity index (χ0v) is 16.7. The first-order valence-electron chi connectivity index (χ1n) is 9.16. The Labute approximate surface area is 161 Å². The first-order chi connectivity index (χ1) is 12.5. The lowest BCUT2D eigenvalue weighted by Gasteiger charge is -2.31. The Balaban J connectivity index is 2.32. The topological polar surface area (TPSA) is 59.6 Å². The van der Waals surface area contributed by atoms with Crippen LogP contribution in [-0.4, -0.2) is 24.3 Å². The number of ether oxygens (including phenoxy) is 2. The minimum atomic E-state index is -0.330. The Morgan fingerprint density at radius 1 is 1.23 bits per heavy atom. The van der Waals surface area contributed by atoms with Crippen LogP contribution in [0.4, 0.5) is 0 Å². The van der Waals surface area contributed by atoms with Crippen LogP contribution in [0.25, 0.3) is 0 Å². The van der Waals surface area contributed by atoms with Crippen molar-refractivity contribution in [3.05, 3.63) is 41.1 Å². The van der Waals surface area contributed by atoms with Crippen molar-refractivity contribution in [2.75, 3.05) is 13.2 Å². The van der Waals surface area contributed by atoms with Gasteiger partial charge in [-0.25, -0.2) is 4.79 Å². The van der Waals surface area contributed by atoms with Gasteiger partial charge < -0.3 is 20.1 Å². The summed E-state index contributed by atoms with van der Waals surface area (Å²) in [5.41, 5.74) is 2.38. The van der Waals surface area contributed by atoms with Gasteiger partial charge in [0.1, 0.15) is 5.75 Å². The summed E-state index contributed by atoms with van der Waals surface area (Å²) < 4.78 is 11.0. The van der Waals surface area contributed by atoms with Crippen LogP contribution in [0.2, 0.25) is 0 Å². The van der Waals surface area contributed by atoms with E-state index in [0.717, 1.165) is 29.9 Å². The van der Waals surface area contributed by atoms with Crippen molar-refractivity contribution in [3.63, 3.8) is 0 Å². The molecule has 1 aliphatic heterocycles. The summed E-state index contributed by atoms with van der Waals surface area (Å²) in [4.78, 5) is 12.6. The number of hydrogen-bond acceptors (Lipinski definition) is 4. The van der Waals surface area contributed by atoms with Crippen molar-refractivity contribution in [3.8, 4) is 5.75 Å². The quantitative estimate of drug-likeness (QED) is 0.531. The molecule has 0 saturated carbocycles. The minimum Gasteiger partial charge on any atom is -0.493 e. The van der Waals surface area contributed by atoms with E-state index in [1.165, 1.54) is 0 Å². The van der Waals surface area contributed by atoms with E-state index in [-0.39, 0.29) is 12.0 Å². The van der Waals surface area contributed by atoms with Gasteiger partial charge in [0.15, 0.2) is 5.11 Å². The highest BCUT2D eigenvalue weighted by Crippen LogP contribution is 2.30. The van der Waals surface area contributed by atoms with E-state index in [4.69, 9.17) is 21.7 Å². The van der Waals surface area contributed by atoms with Crippen molar-refractivity contribution >= 4 is 23.3 Å². The normalized spacial score (nSPS) is 17.0. The molecule has 0 spiro atoms. The summed E-state index contributed by atoms with van der Waals surface area (Å²) >= 11 is 5.34. The largest absolute Gasteiger partial charge is 0.493 e. The molecular weight excluding hydrogens is 348 g/mol. The molecule has 0 unspecified atom stereocenters. The Kier molecular flexibility index (Phi) is 7.45. The summed E-state index contributed by atoms with van der Waals surface area (Å²) in [7, 11) is 0. The molecule has 0 amide bonds. The number of thiocarbonyl (C=S) groups is 1. The van der Waals surface area contributed by atoms with Gasteiger partial charge in [-0.15, -0.1) is 0 Å². The lowest BCUT2D eigenvalue weighted by Crippen LogP contribution is -2.45. The van der Waals surface area contributed by atoms with Crippen molar-refractivity contribution < 1.29 is 14.3 Å². The fraction of sp³-hybridized carbons (Fsp3) is 0.500. The first kappa shape index (κ1) is 20.2. The van der Waals surface area contributed by atoms with Crippen molar-refractivity contribution in [1.82, 2.24) is 10.6 Å². The van der Waals surface area contributed by atoms with Crippen LogP contribution in [-0.2, 0) is 9.53 Å². The number of rotatable bonds is 8. The van der Waals surface area contributed by atoms with Crippen LogP contribution in [0.5, 0.6) is 5.75 Å². The van der Waals surface area contributed by atoms with Gasteiger partial charge in [-0.1, -0.05) is 39.3 Å². The van der Waals surface area contributed by atoms with Gasteiger partial charge in [0.05, 0.1) is 24.8 Å². The second-order valence-corrected chi connectivity index (χ2v) is 7.08. The summed E-state index contributed by atoms with van der Waals surface area (Å²) in [5.74, 6) is 0.964. The fourth-order valence-corrected chi connectivity index (χ4v) is 3.03. The SMILES string of the molecule is CCCC1=C(C(=O)OCC)[C@@H](c2ccc(OCC(C)C)cc2)NC(=S)N1. The predicted octanol–water partition coefficient (Wildman–Crippen LogP) is 3.86. The summed E-state index contributed by atoms with van der Waals surface area (Å²) in [6, 6.07) is 7.44. The monoisotopic (exact) mass is 376 g/mol. The number of carbonyl (C=O) groups excluding carboxylic acids is 1. The molecule has 1 atom stereocenters. The van der Waals surface area contributed by atoms with Crippen LogP contribution in [0.15, 0.2) is 35.5 Å². The van der Waals surface area contributed by atoms with E-state index in [2.05, 4.69) is 31.4 Å². The molecule has 26 heavy (non-hydrogen) atoms. The van der Waals surface area contributed by atoms with E-state index in [1.807, 2.05) is 31.2 Å². The van der Waals surface area contributed by atoms with E-state index in [0.29, 0.717) is 29.8 Å². The Morgan fingerprint density at radius 3 is 2.50 bits per heavy atom. The Hall–Kier alpha value is -2.08. The van der Waals surface area contributed by atoms with Gasteiger partial charge in [0.2, 0.25) is 0 Å². The third-order valence-electron chi connectivity index (χ3n) is 3.95. The fourth-order valence-electron chi connectivity index (χ4n) is 2.78. The summed E-state index contributed by atoms with van der Waals surface area (Å²) in [6.07, 6.45) is 1.64. The van der Waals surface area contributed by atoms with Crippen LogP contribution in [0.1, 0.15) is 52.1 Å². The van der Waals surface area contributed by atoms with Crippen molar-refractivity contribution in [2.24, 2.45) is 5.92 Å². The molecule has 0 aliphatic carbocycles. The molecule has 1 aliphatic rings. The molecule has 1 aromatic carbocycles. The lowest BCUT2D eigenvalue weighted by atomic mass is 9.94. The number of benzene rings is 1. The zero-order valence-electron chi connectivity index (χ0n) is 15.9. The van der Waals surface area contributed by atoms with Crippen LogP contribution in [0.3, 0.4) is 0 Å². The molecule has 1 heterocycles. The number of allylic oxidation sites excluding steroid dienone is 1. The van der Waals surface area contributed by atoms with Crippen LogP contribution in [0, 0.1) is 5.92 Å². The standard InChI is InChI=1S/C20H28N2O3S/c1-5-7-16-17(19(23)24-6-2)18(22-20(26)21-16)14-8-10-15(11-9-14)25-12-13(3)4/h8-11,13,18H,5-7,12H2,1-4H3,(H2,21,22,26)/t18-/m1/s1. The summed E-state index contributed by atoms with van der Waals surface area (Å²) in [6.45, 7) is 9.10. The van der Waals surface area contributed by atoms with Gasteiger partial charge in [-0.3, -0.25) is 0 Å².